The van der Waals surface area contributed by atoms with Gasteiger partial charge in [-0.15, -0.1) is 0 Å². The topological polar surface area (TPSA) is 101 Å². The average molecular weight is 211 g/mol. The zero-order valence-electron chi connectivity index (χ0n) is 8.09. The highest BCUT2D eigenvalue weighted by molar-refractivity contribution is 5.73. The van der Waals surface area contributed by atoms with Crippen molar-refractivity contribution in [3.63, 3.8) is 0 Å². The second-order valence-corrected chi connectivity index (χ2v) is 2.82. The smallest absolute Gasteiger partial charge is 0.320 e. The third-order valence-electron chi connectivity index (χ3n) is 1.71. The number of carbonyl (C=O) groups is 2. The van der Waals surface area contributed by atoms with Gasteiger partial charge in [-0.25, -0.2) is 0 Å². The highest BCUT2D eigenvalue weighted by atomic mass is 16.4. The third kappa shape index (κ3) is 4.78. The Kier molecular flexibility index (Phi) is 5.73. The lowest BCUT2D eigenvalue weighted by molar-refractivity contribution is -0.138. The normalized spacial score (nSPS) is 11.0. The van der Waals surface area contributed by atoms with Crippen molar-refractivity contribution in [1.29, 1.82) is 0 Å². The van der Waals surface area contributed by atoms with Crippen molar-refractivity contribution in [3.8, 4) is 5.75 Å². The summed E-state index contributed by atoms with van der Waals surface area (Å²) in [5.41, 5.74) is 6.12. The molecule has 0 bridgehead atoms. The first-order valence-corrected chi connectivity index (χ1v) is 4.15. The summed E-state index contributed by atoms with van der Waals surface area (Å²) in [6, 6.07) is 5.42. The van der Waals surface area contributed by atoms with Crippen molar-refractivity contribution in [2.45, 2.75) is 12.5 Å². The molecule has 0 aliphatic rings. The van der Waals surface area contributed by atoms with E-state index in [0.29, 0.717) is 0 Å². The first-order chi connectivity index (χ1) is 7.09. The molecule has 0 fully saturated rings. The maximum Gasteiger partial charge on any atom is 0.320 e. The molecule has 82 valence electrons. The number of phenolic OH excluding ortho intramolecular Hbond substituents is 1. The fourth-order valence-corrected chi connectivity index (χ4v) is 0.973. The number of aromatic hydroxyl groups is 1. The SMILES string of the molecule is C=O.N[C@@H](Cc1ccc(O)cc1)C(=O)O. The van der Waals surface area contributed by atoms with E-state index < -0.39 is 12.0 Å². The summed E-state index contributed by atoms with van der Waals surface area (Å²) in [7, 11) is 0. The van der Waals surface area contributed by atoms with Crippen molar-refractivity contribution in [2.24, 2.45) is 5.73 Å². The average Bonchev–Trinajstić information content (AvgIpc) is 2.24. The summed E-state index contributed by atoms with van der Waals surface area (Å²) >= 11 is 0. The molecule has 0 spiro atoms. The molecule has 0 saturated heterocycles. The largest absolute Gasteiger partial charge is 0.508 e. The van der Waals surface area contributed by atoms with Gasteiger partial charge in [-0.1, -0.05) is 12.1 Å². The molecule has 1 rings (SSSR count). The van der Waals surface area contributed by atoms with Gasteiger partial charge < -0.3 is 20.7 Å². The Morgan fingerprint density at radius 1 is 1.33 bits per heavy atom. The van der Waals surface area contributed by atoms with Gasteiger partial charge in [-0.3, -0.25) is 4.79 Å². The molecule has 4 N–H and O–H groups in total. The molecule has 0 saturated carbocycles. The van der Waals surface area contributed by atoms with Crippen molar-refractivity contribution in [2.75, 3.05) is 0 Å². The summed E-state index contributed by atoms with van der Waals surface area (Å²) in [4.78, 5) is 18.4. The number of hydrogen-bond donors (Lipinski definition) is 3. The molecular formula is C10H13NO4. The molecule has 0 aromatic heterocycles. The number of aliphatic carboxylic acids is 1. The zero-order chi connectivity index (χ0) is 11.8. The van der Waals surface area contributed by atoms with Crippen LogP contribution < -0.4 is 5.73 Å². The van der Waals surface area contributed by atoms with Gasteiger partial charge in [0.15, 0.2) is 0 Å². The van der Waals surface area contributed by atoms with E-state index in [0.717, 1.165) is 5.56 Å². The summed E-state index contributed by atoms with van der Waals surface area (Å²) in [6.07, 6.45) is 0.273. The first kappa shape index (κ1) is 13.1. The lowest BCUT2D eigenvalue weighted by atomic mass is 10.1. The summed E-state index contributed by atoms with van der Waals surface area (Å²) in [5.74, 6) is -0.860. The number of carboxylic acids is 1. The molecule has 1 atom stereocenters. The van der Waals surface area contributed by atoms with E-state index in [1.165, 1.54) is 12.1 Å². The van der Waals surface area contributed by atoms with E-state index in [4.69, 9.17) is 20.7 Å². The van der Waals surface area contributed by atoms with Crippen LogP contribution >= 0.6 is 0 Å². The number of rotatable bonds is 3. The van der Waals surface area contributed by atoms with Crippen molar-refractivity contribution >= 4 is 12.8 Å². The number of phenols is 1. The van der Waals surface area contributed by atoms with Crippen LogP contribution in [0, 0.1) is 0 Å². The first-order valence-electron chi connectivity index (χ1n) is 4.15. The van der Waals surface area contributed by atoms with Crippen LogP contribution in [0.2, 0.25) is 0 Å². The molecule has 1 aromatic rings. The van der Waals surface area contributed by atoms with Gasteiger partial charge in [0, 0.05) is 0 Å². The van der Waals surface area contributed by atoms with E-state index in [2.05, 4.69) is 0 Å². The highest BCUT2D eigenvalue weighted by Crippen LogP contribution is 2.10. The molecule has 0 amide bonds. The number of carbonyl (C=O) groups excluding carboxylic acids is 1. The predicted molar refractivity (Wildman–Crippen MR) is 54.5 cm³/mol. The zero-order valence-corrected chi connectivity index (χ0v) is 8.09. The van der Waals surface area contributed by atoms with Gasteiger partial charge in [-0.05, 0) is 24.1 Å². The van der Waals surface area contributed by atoms with Gasteiger partial charge in [0.2, 0.25) is 0 Å². The Bertz CT molecular complexity index is 310. The maximum atomic E-state index is 10.4. The maximum absolute atomic E-state index is 10.4. The van der Waals surface area contributed by atoms with Crippen LogP contribution in [0.4, 0.5) is 0 Å². The van der Waals surface area contributed by atoms with Crippen LogP contribution in [-0.2, 0) is 16.0 Å². The Morgan fingerprint density at radius 3 is 2.20 bits per heavy atom. The van der Waals surface area contributed by atoms with Crippen LogP contribution in [0.1, 0.15) is 5.56 Å². The molecule has 15 heavy (non-hydrogen) atoms. The summed E-state index contributed by atoms with van der Waals surface area (Å²) in [5, 5.41) is 17.5. The minimum Gasteiger partial charge on any atom is -0.508 e. The Balaban J connectivity index is 0.000000921. The van der Waals surface area contributed by atoms with Crippen LogP contribution in [0.25, 0.3) is 0 Å². The van der Waals surface area contributed by atoms with Crippen molar-refractivity contribution in [1.82, 2.24) is 0 Å². The standard InChI is InChI=1S/C9H11NO3.CH2O/c10-8(9(12)13)5-6-1-3-7(11)4-2-6;1-2/h1-4,8,11H,5,10H2,(H,12,13);1H2/t8-;/m0./s1. The van der Waals surface area contributed by atoms with Gasteiger partial charge in [0.25, 0.3) is 0 Å². The number of benzene rings is 1. The highest BCUT2D eigenvalue weighted by Gasteiger charge is 2.11. The molecule has 0 aliphatic heterocycles. The molecule has 5 heteroatoms. The Morgan fingerprint density at radius 2 is 1.80 bits per heavy atom. The van der Waals surface area contributed by atoms with Gasteiger partial charge in [0.1, 0.15) is 18.6 Å². The van der Waals surface area contributed by atoms with Gasteiger partial charge in [-0.2, -0.15) is 0 Å². The molecule has 5 nitrogen and oxygen atoms in total. The van der Waals surface area contributed by atoms with Gasteiger partial charge in [0.05, 0.1) is 0 Å². The van der Waals surface area contributed by atoms with Crippen LogP contribution in [0.3, 0.4) is 0 Å². The summed E-state index contributed by atoms with van der Waals surface area (Å²) in [6.45, 7) is 2.00. The minimum atomic E-state index is -1.02. The molecule has 0 aliphatic carbocycles. The van der Waals surface area contributed by atoms with E-state index in [9.17, 15) is 4.79 Å². The third-order valence-corrected chi connectivity index (χ3v) is 1.71. The number of nitrogens with two attached hydrogens (primary N) is 1. The van der Waals surface area contributed by atoms with Crippen LogP contribution in [0.5, 0.6) is 5.75 Å². The van der Waals surface area contributed by atoms with Crippen molar-refractivity contribution < 1.29 is 19.8 Å². The molecule has 0 unspecified atom stereocenters. The molecule has 0 radical (unpaired) electrons. The van der Waals surface area contributed by atoms with Crippen LogP contribution in [0.15, 0.2) is 24.3 Å². The number of hydrogen-bond acceptors (Lipinski definition) is 4. The molecule has 1 aromatic carbocycles. The van der Waals surface area contributed by atoms with Gasteiger partial charge >= 0.3 is 5.97 Å². The fourth-order valence-electron chi connectivity index (χ4n) is 0.973. The van der Waals surface area contributed by atoms with E-state index in [1.54, 1.807) is 12.1 Å². The summed E-state index contributed by atoms with van der Waals surface area (Å²) < 4.78 is 0. The quantitative estimate of drug-likeness (QED) is 0.661. The van der Waals surface area contributed by atoms with E-state index in [-0.39, 0.29) is 12.2 Å². The second-order valence-electron chi connectivity index (χ2n) is 2.82. The predicted octanol–water partition coefficient (Wildman–Crippen LogP) is 0.162. The Hall–Kier alpha value is -1.88. The minimum absolute atomic E-state index is 0.160. The molecule has 0 heterocycles. The lowest BCUT2D eigenvalue weighted by Gasteiger charge is -2.05. The Labute approximate surface area is 87.1 Å². The lowest BCUT2D eigenvalue weighted by Crippen LogP contribution is -2.32. The molecular weight excluding hydrogens is 198 g/mol. The fraction of sp³-hybridized carbons (Fsp3) is 0.200. The van der Waals surface area contributed by atoms with Crippen molar-refractivity contribution in [3.05, 3.63) is 29.8 Å². The van der Waals surface area contributed by atoms with Crippen LogP contribution in [-0.4, -0.2) is 29.0 Å². The monoisotopic (exact) mass is 211 g/mol. The van der Waals surface area contributed by atoms with E-state index >= 15 is 0 Å². The van der Waals surface area contributed by atoms with E-state index in [1.807, 2.05) is 6.79 Å². The number of carboxylic acid groups (broad SMARTS) is 1. The second kappa shape index (κ2) is 6.56.